The number of aromatic hydroxyl groups is 1. The van der Waals surface area contributed by atoms with Crippen LogP contribution in [-0.4, -0.2) is 10.9 Å². The van der Waals surface area contributed by atoms with Crippen LogP contribution < -0.4 is 0 Å². The highest BCUT2D eigenvalue weighted by Crippen LogP contribution is 2.17. The number of hydrogen-bond acceptors (Lipinski definition) is 2. The van der Waals surface area contributed by atoms with Crippen LogP contribution in [0.15, 0.2) is 18.2 Å². The van der Waals surface area contributed by atoms with E-state index in [0.29, 0.717) is 5.56 Å². The quantitative estimate of drug-likeness (QED) is 0.622. The Morgan fingerprint density at radius 2 is 2.09 bits per heavy atom. The molecule has 11 heavy (non-hydrogen) atoms. The van der Waals surface area contributed by atoms with Gasteiger partial charge >= 0.3 is 0 Å². The zero-order valence-corrected chi connectivity index (χ0v) is 8.12. The molecular weight excluding hydrogens is 255 g/mol. The van der Waals surface area contributed by atoms with E-state index in [-0.39, 0.29) is 11.5 Å². The van der Waals surface area contributed by atoms with Gasteiger partial charge in [-0.15, -0.1) is 0 Å². The number of benzene rings is 1. The van der Waals surface area contributed by atoms with Gasteiger partial charge in [0.15, 0.2) is 5.78 Å². The van der Waals surface area contributed by atoms with Gasteiger partial charge < -0.3 is 5.11 Å². The first-order valence-electron chi connectivity index (χ1n) is 3.10. The van der Waals surface area contributed by atoms with Crippen LogP contribution in [0.25, 0.3) is 0 Å². The molecule has 0 aromatic heterocycles. The van der Waals surface area contributed by atoms with Gasteiger partial charge in [-0.2, -0.15) is 0 Å². The maximum absolute atomic E-state index is 10.8. The Morgan fingerprint density at radius 1 is 1.45 bits per heavy atom. The van der Waals surface area contributed by atoms with Crippen molar-refractivity contribution in [3.8, 4) is 5.75 Å². The lowest BCUT2D eigenvalue weighted by Crippen LogP contribution is -1.91. The van der Waals surface area contributed by atoms with Crippen LogP contribution in [0, 0.1) is 3.57 Å². The van der Waals surface area contributed by atoms with Gasteiger partial charge in [0.1, 0.15) is 5.75 Å². The van der Waals surface area contributed by atoms with Crippen molar-refractivity contribution in [1.29, 1.82) is 0 Å². The van der Waals surface area contributed by atoms with E-state index < -0.39 is 0 Å². The third-order valence-corrected chi connectivity index (χ3v) is 1.91. The molecule has 0 spiro atoms. The van der Waals surface area contributed by atoms with Crippen molar-refractivity contribution in [2.75, 3.05) is 0 Å². The van der Waals surface area contributed by atoms with Crippen molar-refractivity contribution >= 4 is 28.4 Å². The van der Waals surface area contributed by atoms with Crippen molar-refractivity contribution in [1.82, 2.24) is 0 Å². The first-order valence-corrected chi connectivity index (χ1v) is 4.18. The fourth-order valence-electron chi connectivity index (χ4n) is 0.777. The molecule has 0 unspecified atom stereocenters. The predicted octanol–water partition coefficient (Wildman–Crippen LogP) is 2.20. The number of phenols is 1. The fourth-order valence-corrected chi connectivity index (χ4v) is 1.43. The highest BCUT2D eigenvalue weighted by atomic mass is 127. The molecular formula is C8H7IO2. The SMILES string of the molecule is CC(=O)c1cc(O)cc(I)c1. The van der Waals surface area contributed by atoms with Gasteiger partial charge in [0.05, 0.1) is 0 Å². The smallest absolute Gasteiger partial charge is 0.159 e. The molecule has 1 rings (SSSR count). The molecule has 0 aliphatic carbocycles. The summed E-state index contributed by atoms with van der Waals surface area (Å²) in [5.74, 6) is 0.112. The van der Waals surface area contributed by atoms with Crippen molar-refractivity contribution in [3.05, 3.63) is 27.3 Å². The Labute approximate surface area is 78.4 Å². The van der Waals surface area contributed by atoms with E-state index in [9.17, 15) is 4.79 Å². The Kier molecular flexibility index (Phi) is 2.49. The number of halogens is 1. The van der Waals surface area contributed by atoms with Crippen LogP contribution in [-0.2, 0) is 0 Å². The van der Waals surface area contributed by atoms with Crippen LogP contribution in [0.3, 0.4) is 0 Å². The third-order valence-electron chi connectivity index (χ3n) is 1.29. The van der Waals surface area contributed by atoms with Crippen molar-refractivity contribution in [2.45, 2.75) is 6.92 Å². The van der Waals surface area contributed by atoms with Crippen LogP contribution in [0.4, 0.5) is 0 Å². The Morgan fingerprint density at radius 3 is 2.55 bits per heavy atom. The van der Waals surface area contributed by atoms with E-state index in [2.05, 4.69) is 22.6 Å². The zero-order chi connectivity index (χ0) is 8.43. The van der Waals surface area contributed by atoms with Crippen LogP contribution in [0.1, 0.15) is 17.3 Å². The fraction of sp³-hybridized carbons (Fsp3) is 0.125. The van der Waals surface area contributed by atoms with Gasteiger partial charge in [0.2, 0.25) is 0 Å². The van der Waals surface area contributed by atoms with E-state index in [1.807, 2.05) is 0 Å². The predicted molar refractivity (Wildman–Crippen MR) is 50.8 cm³/mol. The summed E-state index contributed by atoms with van der Waals surface area (Å²) < 4.78 is 0.868. The average molecular weight is 262 g/mol. The monoisotopic (exact) mass is 262 g/mol. The molecule has 0 bridgehead atoms. The molecule has 0 aliphatic heterocycles. The molecule has 0 saturated carbocycles. The average Bonchev–Trinajstić information content (AvgIpc) is 1.85. The number of Topliss-reactive ketones (excluding diaryl/α,β-unsaturated/α-hetero) is 1. The lowest BCUT2D eigenvalue weighted by Gasteiger charge is -1.97. The summed E-state index contributed by atoms with van der Waals surface area (Å²) in [7, 11) is 0. The van der Waals surface area contributed by atoms with Crippen molar-refractivity contribution < 1.29 is 9.90 Å². The second kappa shape index (κ2) is 3.21. The molecule has 1 aromatic carbocycles. The zero-order valence-electron chi connectivity index (χ0n) is 5.97. The minimum Gasteiger partial charge on any atom is -0.508 e. The van der Waals surface area contributed by atoms with Crippen LogP contribution >= 0.6 is 22.6 Å². The van der Waals surface area contributed by atoms with E-state index in [1.54, 1.807) is 12.1 Å². The van der Waals surface area contributed by atoms with Gasteiger partial charge in [-0.1, -0.05) is 0 Å². The van der Waals surface area contributed by atoms with Gasteiger partial charge in [0.25, 0.3) is 0 Å². The van der Waals surface area contributed by atoms with E-state index in [1.165, 1.54) is 13.0 Å². The Hall–Kier alpha value is -0.580. The minimum absolute atomic E-state index is 0.0289. The molecule has 2 nitrogen and oxygen atoms in total. The summed E-state index contributed by atoms with van der Waals surface area (Å²) in [6, 6.07) is 4.81. The number of rotatable bonds is 1. The standard InChI is InChI=1S/C8H7IO2/c1-5(10)6-2-7(9)4-8(11)3-6/h2-4,11H,1H3. The molecule has 1 aromatic rings. The van der Waals surface area contributed by atoms with Crippen LogP contribution in [0.2, 0.25) is 0 Å². The lowest BCUT2D eigenvalue weighted by molar-refractivity contribution is 0.101. The summed E-state index contributed by atoms with van der Waals surface area (Å²) in [6.07, 6.45) is 0. The van der Waals surface area contributed by atoms with E-state index >= 15 is 0 Å². The topological polar surface area (TPSA) is 37.3 Å². The molecule has 0 heterocycles. The minimum atomic E-state index is -0.0289. The van der Waals surface area contributed by atoms with Gasteiger partial charge in [-0.25, -0.2) is 0 Å². The summed E-state index contributed by atoms with van der Waals surface area (Å²) in [5.41, 5.74) is 0.550. The van der Waals surface area contributed by atoms with E-state index in [0.717, 1.165) is 3.57 Å². The molecule has 3 heteroatoms. The molecule has 1 N–H and O–H groups in total. The highest BCUT2D eigenvalue weighted by molar-refractivity contribution is 14.1. The molecule has 0 radical (unpaired) electrons. The Bertz CT molecular complexity index is 274. The molecule has 0 fully saturated rings. The summed E-state index contributed by atoms with van der Waals surface area (Å²) in [6.45, 7) is 1.48. The second-order valence-electron chi connectivity index (χ2n) is 2.25. The lowest BCUT2D eigenvalue weighted by atomic mass is 10.1. The first-order chi connectivity index (χ1) is 5.09. The van der Waals surface area contributed by atoms with Crippen molar-refractivity contribution in [2.24, 2.45) is 0 Å². The second-order valence-corrected chi connectivity index (χ2v) is 3.50. The molecule has 0 saturated heterocycles. The first kappa shape index (κ1) is 8.52. The summed E-state index contributed by atoms with van der Waals surface area (Å²) in [4.78, 5) is 10.8. The maximum Gasteiger partial charge on any atom is 0.159 e. The summed E-state index contributed by atoms with van der Waals surface area (Å²) >= 11 is 2.05. The maximum atomic E-state index is 10.8. The van der Waals surface area contributed by atoms with Crippen LogP contribution in [0.5, 0.6) is 5.75 Å². The Balaban J connectivity index is 3.19. The van der Waals surface area contributed by atoms with Gasteiger partial charge in [0, 0.05) is 9.13 Å². The third kappa shape index (κ3) is 2.18. The molecule has 58 valence electrons. The van der Waals surface area contributed by atoms with Crippen molar-refractivity contribution in [3.63, 3.8) is 0 Å². The normalized spacial score (nSPS) is 9.64. The number of carbonyl (C=O) groups excluding carboxylic acids is 1. The number of ketones is 1. The highest BCUT2D eigenvalue weighted by Gasteiger charge is 2.01. The van der Waals surface area contributed by atoms with Gasteiger partial charge in [-0.3, -0.25) is 4.79 Å². The largest absolute Gasteiger partial charge is 0.508 e. The van der Waals surface area contributed by atoms with E-state index in [4.69, 9.17) is 5.11 Å². The number of phenolic OH excluding ortho intramolecular Hbond substituents is 1. The number of hydrogen-bond donors (Lipinski definition) is 1. The summed E-state index contributed by atoms with van der Waals surface area (Å²) in [5, 5.41) is 9.09. The molecule has 0 aliphatic rings. The molecule has 0 amide bonds. The molecule has 0 atom stereocenters. The van der Waals surface area contributed by atoms with Gasteiger partial charge in [-0.05, 0) is 47.7 Å². The number of carbonyl (C=O) groups is 1.